The quantitative estimate of drug-likeness (QED) is 0.452. The number of fused-ring (bicyclic) bond motifs is 1. The molecule has 1 aromatic heterocycles. The van der Waals surface area contributed by atoms with E-state index in [1.54, 1.807) is 18.2 Å². The number of carbonyl (C=O) groups is 1. The van der Waals surface area contributed by atoms with Gasteiger partial charge in [-0.1, -0.05) is 0 Å². The van der Waals surface area contributed by atoms with Crippen LogP contribution in [0.4, 0.5) is 5.69 Å². The lowest BCUT2D eigenvalue weighted by molar-refractivity contribution is -0.188. The molecule has 1 amide bonds. The van der Waals surface area contributed by atoms with Gasteiger partial charge in [0.1, 0.15) is 35.4 Å². The van der Waals surface area contributed by atoms with Gasteiger partial charge in [-0.3, -0.25) is 4.79 Å². The Morgan fingerprint density at radius 3 is 2.71 bits per heavy atom. The molecule has 0 radical (unpaired) electrons. The molecule has 3 unspecified atom stereocenters. The van der Waals surface area contributed by atoms with Crippen LogP contribution < -0.4 is 10.6 Å². The molecular formula is C14H18N4O6. The summed E-state index contributed by atoms with van der Waals surface area (Å²) in [5, 5.41) is 42.5. The number of ether oxygens (including phenoxy) is 1. The van der Waals surface area contributed by atoms with Gasteiger partial charge in [-0.05, 0) is 28.5 Å². The van der Waals surface area contributed by atoms with Crippen molar-refractivity contribution in [3.63, 3.8) is 0 Å². The van der Waals surface area contributed by atoms with Gasteiger partial charge in [0.15, 0.2) is 6.23 Å². The summed E-state index contributed by atoms with van der Waals surface area (Å²) < 4.78 is 10.2. The van der Waals surface area contributed by atoms with Gasteiger partial charge in [0.05, 0.1) is 6.61 Å². The zero-order chi connectivity index (χ0) is 17.3. The fourth-order valence-electron chi connectivity index (χ4n) is 2.67. The lowest BCUT2D eigenvalue weighted by atomic mass is 9.95. The first-order chi connectivity index (χ1) is 11.5. The van der Waals surface area contributed by atoms with Crippen molar-refractivity contribution in [2.75, 3.05) is 11.9 Å². The van der Waals surface area contributed by atoms with Crippen LogP contribution >= 0.6 is 0 Å². The van der Waals surface area contributed by atoms with E-state index in [1.165, 1.54) is 6.92 Å². The van der Waals surface area contributed by atoms with E-state index in [0.29, 0.717) is 16.7 Å². The van der Waals surface area contributed by atoms with E-state index >= 15 is 0 Å². The van der Waals surface area contributed by atoms with Crippen molar-refractivity contribution in [2.24, 2.45) is 0 Å². The number of nitrogens with zero attached hydrogens (tertiary/aromatic N) is 2. The Labute approximate surface area is 136 Å². The Morgan fingerprint density at radius 1 is 1.25 bits per heavy atom. The summed E-state index contributed by atoms with van der Waals surface area (Å²) in [5.41, 5.74) is 1.68. The second kappa shape index (κ2) is 6.69. The average molecular weight is 338 g/mol. The van der Waals surface area contributed by atoms with Gasteiger partial charge < -0.3 is 30.7 Å². The Kier molecular flexibility index (Phi) is 4.62. The van der Waals surface area contributed by atoms with E-state index in [2.05, 4.69) is 25.6 Å². The summed E-state index contributed by atoms with van der Waals surface area (Å²) in [7, 11) is 0. The number of anilines is 1. The number of carbonyl (C=O) groups excluding carboxylic acids is 1. The minimum Gasteiger partial charge on any atom is -0.394 e. The smallest absolute Gasteiger partial charge is 0.217 e. The normalized spacial score (nSPS) is 30.2. The number of rotatable bonds is 4. The third kappa shape index (κ3) is 3.17. The molecule has 10 heteroatoms. The lowest BCUT2D eigenvalue weighted by Crippen LogP contribution is -2.65. The Hall–Kier alpha value is -2.27. The molecule has 1 aromatic carbocycles. The molecule has 0 bridgehead atoms. The number of hydrogen-bond donors (Lipinski definition) is 5. The van der Waals surface area contributed by atoms with Crippen LogP contribution in [0.15, 0.2) is 22.8 Å². The zero-order valence-electron chi connectivity index (χ0n) is 12.8. The summed E-state index contributed by atoms with van der Waals surface area (Å²) in [5.74, 6) is -0.389. The average Bonchev–Trinajstić information content (AvgIpc) is 3.01. The standard InChI is InChI=1S/C14H18N4O6/c1-6(20)15-11-13(22)12(21)10(5-19)23-14(11)16-7-2-3-8-9(4-7)18-24-17-8/h2-4,10-14,16,19,21-22H,5H2,1H3,(H,15,20)/t10?,11?,12-,13?,14-/m1/s1. The van der Waals surface area contributed by atoms with Gasteiger partial charge in [-0.25, -0.2) is 4.63 Å². The number of amides is 1. The fourth-order valence-corrected chi connectivity index (χ4v) is 2.67. The highest BCUT2D eigenvalue weighted by molar-refractivity contribution is 5.77. The van der Waals surface area contributed by atoms with Crippen LogP contribution in [0.1, 0.15) is 6.92 Å². The van der Waals surface area contributed by atoms with Gasteiger partial charge >= 0.3 is 0 Å². The maximum Gasteiger partial charge on any atom is 0.217 e. The second-order valence-electron chi connectivity index (χ2n) is 5.60. The van der Waals surface area contributed by atoms with Crippen molar-refractivity contribution in [1.82, 2.24) is 15.6 Å². The molecule has 0 saturated carbocycles. The number of aliphatic hydroxyl groups excluding tert-OH is 3. The third-order valence-electron chi connectivity index (χ3n) is 3.86. The van der Waals surface area contributed by atoms with Crippen molar-refractivity contribution in [1.29, 1.82) is 0 Å². The van der Waals surface area contributed by atoms with E-state index in [-0.39, 0.29) is 5.91 Å². The van der Waals surface area contributed by atoms with Gasteiger partial charge in [0, 0.05) is 12.6 Å². The van der Waals surface area contributed by atoms with Crippen LogP contribution in [-0.2, 0) is 9.53 Å². The highest BCUT2D eigenvalue weighted by Crippen LogP contribution is 2.24. The Bertz CT molecular complexity index is 722. The van der Waals surface area contributed by atoms with Crippen LogP contribution in [0, 0.1) is 0 Å². The predicted octanol–water partition coefficient (Wildman–Crippen LogP) is -1.42. The largest absolute Gasteiger partial charge is 0.394 e. The number of benzene rings is 1. The van der Waals surface area contributed by atoms with Crippen molar-refractivity contribution in [3.05, 3.63) is 18.2 Å². The first-order valence-corrected chi connectivity index (χ1v) is 7.38. The fraction of sp³-hybridized carbons (Fsp3) is 0.500. The molecular weight excluding hydrogens is 320 g/mol. The van der Waals surface area contributed by atoms with Gasteiger partial charge in [-0.2, -0.15) is 0 Å². The van der Waals surface area contributed by atoms with Crippen molar-refractivity contribution >= 4 is 22.6 Å². The zero-order valence-corrected chi connectivity index (χ0v) is 12.8. The summed E-state index contributed by atoms with van der Waals surface area (Å²) in [6.45, 7) is 0.816. The molecule has 5 N–H and O–H groups in total. The van der Waals surface area contributed by atoms with Crippen LogP contribution in [-0.4, -0.2) is 68.7 Å². The summed E-state index contributed by atoms with van der Waals surface area (Å²) in [4.78, 5) is 11.4. The van der Waals surface area contributed by atoms with Crippen molar-refractivity contribution in [3.8, 4) is 0 Å². The highest BCUT2D eigenvalue weighted by atomic mass is 16.6. The molecule has 24 heavy (non-hydrogen) atoms. The van der Waals surface area contributed by atoms with Gasteiger partial charge in [0.25, 0.3) is 0 Å². The Morgan fingerprint density at radius 2 is 2.00 bits per heavy atom. The molecule has 3 rings (SSSR count). The summed E-state index contributed by atoms with van der Waals surface area (Å²) >= 11 is 0. The summed E-state index contributed by atoms with van der Waals surface area (Å²) in [6.07, 6.45) is -4.50. The number of aliphatic hydroxyl groups is 3. The molecule has 1 aliphatic heterocycles. The number of hydrogen-bond acceptors (Lipinski definition) is 9. The third-order valence-corrected chi connectivity index (χ3v) is 3.86. The molecule has 2 heterocycles. The van der Waals surface area contributed by atoms with E-state index < -0.39 is 37.2 Å². The van der Waals surface area contributed by atoms with Crippen molar-refractivity contribution < 1.29 is 29.5 Å². The maximum atomic E-state index is 11.4. The monoisotopic (exact) mass is 338 g/mol. The highest BCUT2D eigenvalue weighted by Gasteiger charge is 2.44. The molecule has 5 atom stereocenters. The predicted molar refractivity (Wildman–Crippen MR) is 80.8 cm³/mol. The van der Waals surface area contributed by atoms with Crippen LogP contribution in [0.2, 0.25) is 0 Å². The van der Waals surface area contributed by atoms with E-state index in [9.17, 15) is 20.1 Å². The topological polar surface area (TPSA) is 150 Å². The SMILES string of the molecule is CC(=O)NC1C(O)[C@H](O)C(CO)O[C@H]1Nc1ccc2nonc2c1. The summed E-state index contributed by atoms with van der Waals surface area (Å²) in [6, 6.07) is 4.13. The maximum absolute atomic E-state index is 11.4. The minimum absolute atomic E-state index is 0.389. The molecule has 10 nitrogen and oxygen atoms in total. The number of aromatic nitrogens is 2. The van der Waals surface area contributed by atoms with Crippen molar-refractivity contribution in [2.45, 2.75) is 37.5 Å². The molecule has 1 aliphatic rings. The minimum atomic E-state index is -1.33. The van der Waals surface area contributed by atoms with E-state index in [1.807, 2.05) is 0 Å². The van der Waals surface area contributed by atoms with E-state index in [0.717, 1.165) is 0 Å². The van der Waals surface area contributed by atoms with E-state index in [4.69, 9.17) is 4.74 Å². The molecule has 1 saturated heterocycles. The first kappa shape index (κ1) is 16.6. The first-order valence-electron chi connectivity index (χ1n) is 7.38. The Balaban J connectivity index is 1.84. The van der Waals surface area contributed by atoms with Crippen LogP contribution in [0.3, 0.4) is 0 Å². The molecule has 1 fully saturated rings. The van der Waals surface area contributed by atoms with Crippen LogP contribution in [0.5, 0.6) is 0 Å². The number of nitrogens with one attached hydrogen (secondary N) is 2. The van der Waals surface area contributed by atoms with Crippen LogP contribution in [0.25, 0.3) is 11.0 Å². The lowest BCUT2D eigenvalue weighted by Gasteiger charge is -2.43. The van der Waals surface area contributed by atoms with Gasteiger partial charge in [-0.15, -0.1) is 0 Å². The second-order valence-corrected chi connectivity index (χ2v) is 5.60. The molecule has 0 spiro atoms. The molecule has 2 aromatic rings. The molecule has 130 valence electrons. The molecule has 0 aliphatic carbocycles. The van der Waals surface area contributed by atoms with Gasteiger partial charge in [0.2, 0.25) is 5.91 Å².